The van der Waals surface area contributed by atoms with Crippen molar-refractivity contribution >= 4 is 17.0 Å². The Morgan fingerprint density at radius 3 is 2.51 bits per heavy atom. The maximum absolute atomic E-state index is 13.0. The first kappa shape index (κ1) is 24.7. The lowest BCUT2D eigenvalue weighted by Gasteiger charge is -2.30. The minimum absolute atomic E-state index is 0.152. The molecule has 7 heteroatoms. The lowest BCUT2D eigenvalue weighted by molar-refractivity contribution is 0.0223. The number of ether oxygens (including phenoxy) is 2. The Morgan fingerprint density at radius 2 is 1.81 bits per heavy atom. The Balaban J connectivity index is 1.42. The highest BCUT2D eigenvalue weighted by molar-refractivity contribution is 5.88. The van der Waals surface area contributed by atoms with E-state index in [0.717, 1.165) is 40.7 Å². The molecule has 0 saturated carbocycles. The highest BCUT2D eigenvalue weighted by Gasteiger charge is 2.29. The number of hydrogen-bond acceptors (Lipinski definition) is 4. The lowest BCUT2D eigenvalue weighted by atomic mass is 10.0. The topological polar surface area (TPSA) is 65.7 Å². The quantitative estimate of drug-likeness (QED) is 0.354. The van der Waals surface area contributed by atoms with Crippen LogP contribution in [0.5, 0.6) is 5.75 Å². The summed E-state index contributed by atoms with van der Waals surface area (Å²) in [4.78, 5) is 27.5. The first-order valence-corrected chi connectivity index (χ1v) is 12.8. The van der Waals surface area contributed by atoms with E-state index in [9.17, 15) is 9.59 Å². The van der Waals surface area contributed by atoms with Gasteiger partial charge in [-0.05, 0) is 51.5 Å². The third-order valence-corrected chi connectivity index (χ3v) is 6.62. The van der Waals surface area contributed by atoms with Crippen LogP contribution in [0.3, 0.4) is 0 Å². The molecule has 5 rings (SSSR count). The van der Waals surface area contributed by atoms with Crippen LogP contribution >= 0.6 is 0 Å². The third-order valence-electron chi connectivity index (χ3n) is 6.62. The first-order chi connectivity index (χ1) is 17.7. The molecule has 0 fully saturated rings. The van der Waals surface area contributed by atoms with Crippen molar-refractivity contribution in [1.29, 1.82) is 0 Å². The number of carbonyl (C=O) groups is 1. The SMILES string of the molecule is CCn1c2c(c3ccc(-n4ccc(OCc5ccccc5)cc4=O)cc31)CN(C(=O)OC(C)(C)C)CC2. The zero-order valence-corrected chi connectivity index (χ0v) is 21.9. The summed E-state index contributed by atoms with van der Waals surface area (Å²) in [6.07, 6.45) is 2.24. The first-order valence-electron chi connectivity index (χ1n) is 12.8. The van der Waals surface area contributed by atoms with Gasteiger partial charge < -0.3 is 18.9 Å². The summed E-state index contributed by atoms with van der Waals surface area (Å²) in [5.74, 6) is 0.542. The van der Waals surface area contributed by atoms with Gasteiger partial charge in [-0.1, -0.05) is 36.4 Å². The molecule has 7 nitrogen and oxygen atoms in total. The van der Waals surface area contributed by atoms with E-state index >= 15 is 0 Å². The van der Waals surface area contributed by atoms with Crippen molar-refractivity contribution < 1.29 is 14.3 Å². The number of nitrogens with zero attached hydrogens (tertiary/aromatic N) is 3. The molecule has 0 spiro atoms. The number of aromatic nitrogens is 2. The van der Waals surface area contributed by atoms with Gasteiger partial charge in [0.15, 0.2) is 0 Å². The molecule has 0 unspecified atom stereocenters. The van der Waals surface area contributed by atoms with Crippen molar-refractivity contribution in [2.45, 2.75) is 59.4 Å². The van der Waals surface area contributed by atoms with E-state index in [1.165, 1.54) is 11.8 Å². The maximum Gasteiger partial charge on any atom is 0.410 e. The molecule has 0 radical (unpaired) electrons. The molecular weight excluding hydrogens is 466 g/mol. The molecule has 0 saturated heterocycles. The molecular formula is C30H33N3O4. The molecule has 0 atom stereocenters. The second-order valence-electron chi connectivity index (χ2n) is 10.4. The molecule has 0 N–H and O–H groups in total. The number of carbonyl (C=O) groups excluding carboxylic acids is 1. The van der Waals surface area contributed by atoms with E-state index in [1.54, 1.807) is 15.7 Å². The second kappa shape index (κ2) is 9.81. The number of fused-ring (bicyclic) bond motifs is 3. The van der Waals surface area contributed by atoms with Gasteiger partial charge in [-0.2, -0.15) is 0 Å². The van der Waals surface area contributed by atoms with E-state index in [2.05, 4.69) is 23.6 Å². The molecule has 1 aliphatic rings. The monoisotopic (exact) mass is 499 g/mol. The van der Waals surface area contributed by atoms with Gasteiger partial charge in [0.2, 0.25) is 0 Å². The fourth-order valence-electron chi connectivity index (χ4n) is 4.93. The van der Waals surface area contributed by atoms with Crippen molar-refractivity contribution in [2.75, 3.05) is 6.54 Å². The summed E-state index contributed by atoms with van der Waals surface area (Å²) in [6.45, 7) is 10.1. The molecule has 1 aliphatic heterocycles. The number of benzene rings is 2. The normalized spacial score (nSPS) is 13.5. The van der Waals surface area contributed by atoms with Crippen LogP contribution in [0.15, 0.2) is 71.7 Å². The Bertz CT molecular complexity index is 1500. The summed E-state index contributed by atoms with van der Waals surface area (Å²) < 4.78 is 15.4. The van der Waals surface area contributed by atoms with Gasteiger partial charge in [-0.25, -0.2) is 4.79 Å². The second-order valence-corrected chi connectivity index (χ2v) is 10.4. The number of hydrogen-bond donors (Lipinski definition) is 0. The molecule has 4 aromatic rings. The summed E-state index contributed by atoms with van der Waals surface area (Å²) in [7, 11) is 0. The van der Waals surface area contributed by atoms with Crippen LogP contribution in [0.2, 0.25) is 0 Å². The number of amides is 1. The van der Waals surface area contributed by atoms with E-state index in [1.807, 2.05) is 63.2 Å². The summed E-state index contributed by atoms with van der Waals surface area (Å²) in [5, 5.41) is 1.10. The van der Waals surface area contributed by atoms with Crippen LogP contribution in [-0.2, 0) is 30.9 Å². The van der Waals surface area contributed by atoms with Crippen LogP contribution < -0.4 is 10.3 Å². The Hall–Kier alpha value is -4.00. The Morgan fingerprint density at radius 1 is 1.03 bits per heavy atom. The largest absolute Gasteiger partial charge is 0.489 e. The van der Waals surface area contributed by atoms with Crippen LogP contribution in [-0.4, -0.2) is 32.3 Å². The van der Waals surface area contributed by atoms with Crippen LogP contribution in [0, 0.1) is 0 Å². The average Bonchev–Trinajstić information content (AvgIpc) is 3.19. The molecule has 2 aromatic carbocycles. The van der Waals surface area contributed by atoms with E-state index in [-0.39, 0.29) is 11.7 Å². The number of rotatable bonds is 5. The zero-order chi connectivity index (χ0) is 26.2. The minimum Gasteiger partial charge on any atom is -0.489 e. The lowest BCUT2D eigenvalue weighted by Crippen LogP contribution is -2.40. The third kappa shape index (κ3) is 5.12. The Kier molecular flexibility index (Phi) is 6.54. The molecule has 2 aromatic heterocycles. The molecule has 0 aliphatic carbocycles. The molecule has 1 amide bonds. The van der Waals surface area contributed by atoms with Gasteiger partial charge in [-0.3, -0.25) is 9.36 Å². The molecule has 192 valence electrons. The van der Waals surface area contributed by atoms with Gasteiger partial charge in [0.1, 0.15) is 18.0 Å². The number of aryl methyl sites for hydroxylation is 1. The van der Waals surface area contributed by atoms with Crippen LogP contribution in [0.4, 0.5) is 4.79 Å². The van der Waals surface area contributed by atoms with Gasteiger partial charge in [-0.15, -0.1) is 0 Å². The van der Waals surface area contributed by atoms with Gasteiger partial charge in [0.25, 0.3) is 5.56 Å². The summed E-state index contributed by atoms with van der Waals surface area (Å²) >= 11 is 0. The molecule has 3 heterocycles. The van der Waals surface area contributed by atoms with Crippen molar-refractivity contribution in [1.82, 2.24) is 14.0 Å². The number of pyridine rings is 1. The van der Waals surface area contributed by atoms with E-state index in [4.69, 9.17) is 9.47 Å². The predicted molar refractivity (Wildman–Crippen MR) is 144 cm³/mol. The summed E-state index contributed by atoms with van der Waals surface area (Å²) in [5.41, 5.74) is 4.61. The summed E-state index contributed by atoms with van der Waals surface area (Å²) in [6, 6.07) is 19.3. The Labute approximate surface area is 216 Å². The van der Waals surface area contributed by atoms with Gasteiger partial charge >= 0.3 is 6.09 Å². The van der Waals surface area contributed by atoms with Crippen LogP contribution in [0.1, 0.15) is 44.5 Å². The van der Waals surface area contributed by atoms with Crippen molar-refractivity contribution in [3.05, 3.63) is 94.0 Å². The standard InChI is InChI=1S/C30H33N3O4/c1-5-32-26-14-15-31(29(35)37-30(2,3)4)19-25(26)24-12-11-22(17-27(24)32)33-16-13-23(18-28(33)34)36-20-21-9-7-6-8-10-21/h6-13,16-18H,5,14-15,19-20H2,1-4H3. The highest BCUT2D eigenvalue weighted by Crippen LogP contribution is 2.33. The van der Waals surface area contributed by atoms with Crippen molar-refractivity contribution in [2.24, 2.45) is 0 Å². The smallest absolute Gasteiger partial charge is 0.410 e. The zero-order valence-electron chi connectivity index (χ0n) is 21.9. The fourth-order valence-corrected chi connectivity index (χ4v) is 4.93. The minimum atomic E-state index is -0.529. The van der Waals surface area contributed by atoms with Crippen molar-refractivity contribution in [3.63, 3.8) is 0 Å². The highest BCUT2D eigenvalue weighted by atomic mass is 16.6. The molecule has 0 bridgehead atoms. The fraction of sp³-hybridized carbons (Fsp3) is 0.333. The maximum atomic E-state index is 13.0. The van der Waals surface area contributed by atoms with Crippen LogP contribution in [0.25, 0.3) is 16.6 Å². The predicted octanol–water partition coefficient (Wildman–Crippen LogP) is 5.68. The van der Waals surface area contributed by atoms with Gasteiger partial charge in [0.05, 0.1) is 17.7 Å². The average molecular weight is 500 g/mol. The van der Waals surface area contributed by atoms with E-state index < -0.39 is 5.60 Å². The molecule has 37 heavy (non-hydrogen) atoms. The van der Waals surface area contributed by atoms with E-state index in [0.29, 0.717) is 25.4 Å². The van der Waals surface area contributed by atoms with Gasteiger partial charge in [0, 0.05) is 48.4 Å². The van der Waals surface area contributed by atoms with Crippen molar-refractivity contribution in [3.8, 4) is 11.4 Å².